The lowest BCUT2D eigenvalue weighted by atomic mass is 10.0. The molecule has 18 heavy (non-hydrogen) atoms. The van der Waals surface area contributed by atoms with E-state index in [0.717, 1.165) is 16.0 Å². The van der Waals surface area contributed by atoms with Crippen LogP contribution < -0.4 is 10.1 Å². The second-order valence-corrected chi connectivity index (χ2v) is 4.59. The van der Waals surface area contributed by atoms with Gasteiger partial charge in [-0.05, 0) is 53.7 Å². The molecule has 1 atom stereocenters. The maximum absolute atomic E-state index is 5.44. The summed E-state index contributed by atoms with van der Waals surface area (Å²) in [5.74, 6) is 0.891. The smallest absolute Gasteiger partial charge is 0.174 e. The summed E-state index contributed by atoms with van der Waals surface area (Å²) in [7, 11) is 1.93. The number of benzene rings is 1. The van der Waals surface area contributed by atoms with Gasteiger partial charge >= 0.3 is 0 Å². The van der Waals surface area contributed by atoms with E-state index in [1.807, 2.05) is 32.2 Å². The second kappa shape index (κ2) is 6.07. The van der Waals surface area contributed by atoms with Crippen LogP contribution in [0.15, 0.2) is 45.7 Å². The summed E-state index contributed by atoms with van der Waals surface area (Å²) in [6.07, 6.45) is 1.68. The van der Waals surface area contributed by atoms with E-state index in [1.165, 1.54) is 5.56 Å². The average Bonchev–Trinajstić information content (AvgIpc) is 2.79. The Morgan fingerprint density at radius 2 is 2.00 bits per heavy atom. The predicted molar refractivity (Wildman–Crippen MR) is 74.9 cm³/mol. The molecule has 0 radical (unpaired) electrons. The van der Waals surface area contributed by atoms with Crippen molar-refractivity contribution >= 4 is 15.9 Å². The van der Waals surface area contributed by atoms with Crippen LogP contribution in [0.1, 0.15) is 24.1 Å². The molecule has 1 aromatic carbocycles. The molecule has 1 N–H and O–H groups in total. The Bertz CT molecular complexity index is 493. The van der Waals surface area contributed by atoms with Gasteiger partial charge in [0.2, 0.25) is 0 Å². The summed E-state index contributed by atoms with van der Waals surface area (Å²) in [5.41, 5.74) is 2.25. The lowest BCUT2D eigenvalue weighted by Crippen LogP contribution is -2.17. The summed E-state index contributed by atoms with van der Waals surface area (Å²) in [4.78, 5) is 0. The molecule has 0 aliphatic carbocycles. The molecular formula is C14H16BrNO2. The minimum absolute atomic E-state index is 0.105. The third-order valence-corrected chi connectivity index (χ3v) is 3.41. The van der Waals surface area contributed by atoms with Crippen molar-refractivity contribution in [1.29, 1.82) is 0 Å². The van der Waals surface area contributed by atoms with E-state index < -0.39 is 0 Å². The number of halogens is 1. The first-order chi connectivity index (χ1) is 8.76. The van der Waals surface area contributed by atoms with Crippen LogP contribution in [0.2, 0.25) is 0 Å². The predicted octanol–water partition coefficient (Wildman–Crippen LogP) is 3.75. The Kier molecular flexibility index (Phi) is 4.44. The SMILES string of the molecule is CCOc1ccc(C(NC)c2ccoc2Br)cc1. The van der Waals surface area contributed by atoms with E-state index in [0.29, 0.717) is 6.61 Å². The van der Waals surface area contributed by atoms with Gasteiger partial charge in [0.05, 0.1) is 18.9 Å². The van der Waals surface area contributed by atoms with Gasteiger partial charge < -0.3 is 14.5 Å². The summed E-state index contributed by atoms with van der Waals surface area (Å²) in [6, 6.07) is 10.2. The monoisotopic (exact) mass is 309 g/mol. The summed E-state index contributed by atoms with van der Waals surface area (Å²) in [5, 5.41) is 3.28. The molecule has 0 saturated carbocycles. The van der Waals surface area contributed by atoms with Crippen LogP contribution in [-0.2, 0) is 0 Å². The lowest BCUT2D eigenvalue weighted by molar-refractivity contribution is 0.340. The third-order valence-electron chi connectivity index (χ3n) is 2.77. The Balaban J connectivity index is 2.25. The number of rotatable bonds is 5. The van der Waals surface area contributed by atoms with Crippen LogP contribution in [0.25, 0.3) is 0 Å². The fraction of sp³-hybridized carbons (Fsp3) is 0.286. The van der Waals surface area contributed by atoms with Gasteiger partial charge in [-0.2, -0.15) is 0 Å². The Morgan fingerprint density at radius 1 is 1.28 bits per heavy atom. The third kappa shape index (κ3) is 2.76. The van der Waals surface area contributed by atoms with Crippen molar-refractivity contribution in [2.45, 2.75) is 13.0 Å². The van der Waals surface area contributed by atoms with Crippen molar-refractivity contribution in [3.63, 3.8) is 0 Å². The fourth-order valence-corrected chi connectivity index (χ4v) is 2.40. The van der Waals surface area contributed by atoms with Crippen LogP contribution >= 0.6 is 15.9 Å². The van der Waals surface area contributed by atoms with Crippen LogP contribution in [-0.4, -0.2) is 13.7 Å². The number of hydrogen-bond donors (Lipinski definition) is 1. The highest BCUT2D eigenvalue weighted by Gasteiger charge is 2.16. The molecule has 0 fully saturated rings. The highest BCUT2D eigenvalue weighted by Crippen LogP contribution is 2.30. The first-order valence-electron chi connectivity index (χ1n) is 5.89. The van der Waals surface area contributed by atoms with Crippen molar-refractivity contribution in [3.8, 4) is 5.75 Å². The molecule has 0 spiro atoms. The minimum Gasteiger partial charge on any atom is -0.494 e. The Morgan fingerprint density at radius 3 is 2.50 bits per heavy atom. The summed E-state index contributed by atoms with van der Waals surface area (Å²) >= 11 is 3.41. The summed E-state index contributed by atoms with van der Waals surface area (Å²) in [6.45, 7) is 2.66. The van der Waals surface area contributed by atoms with Crippen molar-refractivity contribution in [3.05, 3.63) is 52.4 Å². The van der Waals surface area contributed by atoms with Gasteiger partial charge in [0.25, 0.3) is 0 Å². The molecule has 0 saturated heterocycles. The van der Waals surface area contributed by atoms with Gasteiger partial charge in [0, 0.05) is 5.56 Å². The van der Waals surface area contributed by atoms with Gasteiger partial charge in [-0.25, -0.2) is 0 Å². The molecule has 1 heterocycles. The largest absolute Gasteiger partial charge is 0.494 e. The molecule has 1 aromatic heterocycles. The molecule has 1 unspecified atom stereocenters. The topological polar surface area (TPSA) is 34.4 Å². The standard InChI is InChI=1S/C14H16BrNO2/c1-3-17-11-6-4-10(5-7-11)13(16-2)12-8-9-18-14(12)15/h4-9,13,16H,3H2,1-2H3. The molecular weight excluding hydrogens is 294 g/mol. The minimum atomic E-state index is 0.105. The lowest BCUT2D eigenvalue weighted by Gasteiger charge is -2.16. The van der Waals surface area contributed by atoms with Crippen LogP contribution in [0.3, 0.4) is 0 Å². The first-order valence-corrected chi connectivity index (χ1v) is 6.68. The number of ether oxygens (including phenoxy) is 1. The van der Waals surface area contributed by atoms with Crippen molar-refractivity contribution < 1.29 is 9.15 Å². The van der Waals surface area contributed by atoms with Crippen molar-refractivity contribution in [1.82, 2.24) is 5.32 Å². The molecule has 0 bridgehead atoms. The first kappa shape index (κ1) is 13.2. The van der Waals surface area contributed by atoms with Crippen molar-refractivity contribution in [2.75, 3.05) is 13.7 Å². The molecule has 96 valence electrons. The van der Waals surface area contributed by atoms with Crippen LogP contribution in [0.5, 0.6) is 5.75 Å². The van der Waals surface area contributed by atoms with Gasteiger partial charge in [0.1, 0.15) is 5.75 Å². The molecule has 2 rings (SSSR count). The zero-order valence-electron chi connectivity index (χ0n) is 10.4. The van der Waals surface area contributed by atoms with E-state index in [4.69, 9.17) is 9.15 Å². The van der Waals surface area contributed by atoms with E-state index in [1.54, 1.807) is 6.26 Å². The van der Waals surface area contributed by atoms with Gasteiger partial charge in [-0.3, -0.25) is 0 Å². The normalized spacial score (nSPS) is 12.4. The van der Waals surface area contributed by atoms with Gasteiger partial charge in [-0.15, -0.1) is 0 Å². The highest BCUT2D eigenvalue weighted by atomic mass is 79.9. The van der Waals surface area contributed by atoms with E-state index in [9.17, 15) is 0 Å². The van der Waals surface area contributed by atoms with E-state index in [-0.39, 0.29) is 6.04 Å². The summed E-state index contributed by atoms with van der Waals surface area (Å²) < 4.78 is 11.5. The number of furan rings is 1. The molecule has 3 nitrogen and oxygen atoms in total. The Labute approximate surface area is 115 Å². The molecule has 0 amide bonds. The maximum atomic E-state index is 5.44. The zero-order valence-corrected chi connectivity index (χ0v) is 12.0. The molecule has 0 aliphatic heterocycles. The molecule has 0 aliphatic rings. The molecule has 2 aromatic rings. The number of hydrogen-bond acceptors (Lipinski definition) is 3. The quantitative estimate of drug-likeness (QED) is 0.913. The van der Waals surface area contributed by atoms with Gasteiger partial charge in [-0.1, -0.05) is 12.1 Å². The molecule has 4 heteroatoms. The fourth-order valence-electron chi connectivity index (χ4n) is 1.94. The van der Waals surface area contributed by atoms with Crippen LogP contribution in [0.4, 0.5) is 0 Å². The Hall–Kier alpha value is -1.26. The highest BCUT2D eigenvalue weighted by molar-refractivity contribution is 9.10. The number of nitrogens with one attached hydrogen (secondary N) is 1. The average molecular weight is 310 g/mol. The van der Waals surface area contributed by atoms with Crippen LogP contribution in [0, 0.1) is 0 Å². The maximum Gasteiger partial charge on any atom is 0.174 e. The second-order valence-electron chi connectivity index (χ2n) is 3.87. The van der Waals surface area contributed by atoms with E-state index in [2.05, 4.69) is 33.4 Å². The van der Waals surface area contributed by atoms with E-state index >= 15 is 0 Å². The van der Waals surface area contributed by atoms with Gasteiger partial charge in [0.15, 0.2) is 4.67 Å². The zero-order chi connectivity index (χ0) is 13.0. The van der Waals surface area contributed by atoms with Crippen molar-refractivity contribution in [2.24, 2.45) is 0 Å².